The normalized spacial score (nSPS) is 13.2. The Hall–Kier alpha value is 3.43. The van der Waals surface area contributed by atoms with Crippen LogP contribution < -0.4 is 59.1 Å². The molecule has 0 aromatic rings. The molecule has 18 heavy (non-hydrogen) atoms. The first kappa shape index (κ1) is 26.3. The van der Waals surface area contributed by atoms with Gasteiger partial charge in [0, 0.05) is 0 Å². The molecule has 0 bridgehead atoms. The topological polar surface area (TPSA) is 77.4 Å². The summed E-state index contributed by atoms with van der Waals surface area (Å²) in [6, 6.07) is 0. The smallest absolute Gasteiger partial charge is 1.00 e. The maximum atomic E-state index is 10.4. The second-order valence-corrected chi connectivity index (χ2v) is 14.2. The number of rotatable bonds is 11. The summed E-state index contributed by atoms with van der Waals surface area (Å²) in [5, 5.41) is 2.89. The van der Waals surface area contributed by atoms with E-state index in [-0.39, 0.29) is 59.1 Å². The molecule has 0 fully saturated rings. The molecule has 2 atom stereocenters. The van der Waals surface area contributed by atoms with Crippen LogP contribution in [0.3, 0.4) is 0 Å². The second kappa shape index (κ2) is 20.4. The van der Waals surface area contributed by atoms with Crippen molar-refractivity contribution in [3.8, 4) is 0 Å². The molecule has 10 heteroatoms. The van der Waals surface area contributed by atoms with Gasteiger partial charge in [-0.15, -0.1) is 0 Å². The minimum Gasteiger partial charge on any atom is 1.00 e. The predicted molar refractivity (Wildman–Crippen MR) is 66.8 cm³/mol. The average Bonchev–Trinajstić information content (AvgIpc) is 2.20. The SMILES string of the molecule is O=S([O-])CCCC[Se][Se]CCCC[Se](=O)O.[Na+].[Na+]. The Kier molecular flexibility index (Phi) is 29.9. The van der Waals surface area contributed by atoms with Crippen LogP contribution in [0.25, 0.3) is 0 Å². The van der Waals surface area contributed by atoms with E-state index in [2.05, 4.69) is 0 Å². The van der Waals surface area contributed by atoms with Crippen molar-refractivity contribution in [1.29, 1.82) is 0 Å². The van der Waals surface area contributed by atoms with Gasteiger partial charge in [-0.05, 0) is 0 Å². The monoisotopic (exact) mass is 495 g/mol. The van der Waals surface area contributed by atoms with E-state index in [4.69, 9.17) is 4.19 Å². The molecule has 0 rings (SSSR count). The standard InChI is InChI=1S/C8H18O4SSe3.2Na/c9-13(10)5-1-2-6-14-15-7-3-4-8-16(11)12;;/h1-8H2,(H,9,10)(H,11,12);;/q;2*+1/p-1. The summed E-state index contributed by atoms with van der Waals surface area (Å²) in [7, 11) is 0. The van der Waals surface area contributed by atoms with E-state index in [1.807, 2.05) is 0 Å². The number of hydrogen-bond donors (Lipinski definition) is 1. The predicted octanol–water partition coefficient (Wildman–Crippen LogP) is -5.50. The van der Waals surface area contributed by atoms with Gasteiger partial charge in [-0.3, -0.25) is 0 Å². The van der Waals surface area contributed by atoms with Gasteiger partial charge < -0.3 is 0 Å². The number of hydrogen-bond acceptors (Lipinski definition) is 3. The van der Waals surface area contributed by atoms with Crippen molar-refractivity contribution in [3.63, 3.8) is 0 Å². The van der Waals surface area contributed by atoms with Crippen molar-refractivity contribution < 1.29 is 75.9 Å². The molecule has 4 nitrogen and oxygen atoms in total. The first-order chi connectivity index (χ1) is 7.63. The molecule has 0 saturated carbocycles. The van der Waals surface area contributed by atoms with E-state index < -0.39 is 25.2 Å². The number of unbranched alkanes of at least 4 members (excludes halogenated alkanes) is 2. The third kappa shape index (κ3) is 24.4. The van der Waals surface area contributed by atoms with Gasteiger partial charge in [-0.1, -0.05) is 0 Å². The minimum atomic E-state index is -2.44. The fourth-order valence-corrected chi connectivity index (χ4v) is 9.26. The largest absolute Gasteiger partial charge is 1.00 e. The molecule has 0 aliphatic carbocycles. The van der Waals surface area contributed by atoms with Crippen LogP contribution in [-0.2, 0) is 14.9 Å². The van der Waals surface area contributed by atoms with Crippen molar-refractivity contribution in [2.75, 3.05) is 5.75 Å². The van der Waals surface area contributed by atoms with E-state index in [1.165, 1.54) is 10.6 Å². The zero-order chi connectivity index (χ0) is 12.2. The van der Waals surface area contributed by atoms with Crippen LogP contribution in [-0.4, -0.2) is 59.1 Å². The van der Waals surface area contributed by atoms with Gasteiger partial charge in [0.25, 0.3) is 0 Å². The average molecular weight is 492 g/mol. The fourth-order valence-electron chi connectivity index (χ4n) is 0.885. The van der Waals surface area contributed by atoms with Gasteiger partial charge in [0.1, 0.15) is 0 Å². The van der Waals surface area contributed by atoms with Crippen molar-refractivity contribution in [2.45, 2.75) is 41.6 Å². The van der Waals surface area contributed by atoms with Crippen LogP contribution in [0, 0.1) is 0 Å². The molecule has 0 radical (unpaired) electrons. The van der Waals surface area contributed by atoms with Crippen molar-refractivity contribution in [3.05, 3.63) is 0 Å². The van der Waals surface area contributed by atoms with E-state index in [0.29, 0.717) is 37.3 Å². The molecular formula is C8H17Na2O4SSe3+. The summed E-state index contributed by atoms with van der Waals surface area (Å²) in [6.45, 7) is 0. The maximum absolute atomic E-state index is 10.4. The van der Waals surface area contributed by atoms with E-state index in [0.717, 1.165) is 25.7 Å². The Labute approximate surface area is 172 Å². The summed E-state index contributed by atoms with van der Waals surface area (Å²) < 4.78 is 39.5. The van der Waals surface area contributed by atoms with Crippen LogP contribution in [0.4, 0.5) is 0 Å². The zero-order valence-electron chi connectivity index (χ0n) is 11.0. The minimum absolute atomic E-state index is 0. The van der Waals surface area contributed by atoms with Crippen LogP contribution in [0.5, 0.6) is 0 Å². The van der Waals surface area contributed by atoms with Gasteiger partial charge in [-0.25, -0.2) is 0 Å². The van der Waals surface area contributed by atoms with Gasteiger partial charge in [-0.2, -0.15) is 0 Å². The summed E-state index contributed by atoms with van der Waals surface area (Å²) in [4.78, 5) is 0. The zero-order valence-corrected chi connectivity index (χ0v) is 20.9. The maximum Gasteiger partial charge on any atom is 1.00 e. The first-order valence-corrected chi connectivity index (χ1v) is 15.7. The van der Waals surface area contributed by atoms with Crippen molar-refractivity contribution in [1.82, 2.24) is 0 Å². The van der Waals surface area contributed by atoms with Crippen LogP contribution >= 0.6 is 0 Å². The van der Waals surface area contributed by atoms with E-state index >= 15 is 0 Å². The molecule has 0 aliphatic heterocycles. The van der Waals surface area contributed by atoms with Crippen molar-refractivity contribution >= 4 is 51.5 Å². The molecule has 0 aromatic heterocycles. The third-order valence-electron chi connectivity index (χ3n) is 1.67. The van der Waals surface area contributed by atoms with Crippen molar-refractivity contribution in [2.24, 2.45) is 0 Å². The first-order valence-electron chi connectivity index (χ1n) is 5.00. The van der Waals surface area contributed by atoms with E-state index in [1.54, 1.807) is 0 Å². The molecule has 98 valence electrons. The van der Waals surface area contributed by atoms with Gasteiger partial charge >= 0.3 is 175 Å². The Morgan fingerprint density at radius 2 is 1.56 bits per heavy atom. The van der Waals surface area contributed by atoms with Gasteiger partial charge in [0.2, 0.25) is 0 Å². The van der Waals surface area contributed by atoms with Crippen LogP contribution in [0.2, 0.25) is 16.0 Å². The van der Waals surface area contributed by atoms with Crippen LogP contribution in [0.1, 0.15) is 25.7 Å². The quantitative estimate of drug-likeness (QED) is 0.178. The summed E-state index contributed by atoms with van der Waals surface area (Å²) in [6.07, 6.45) is 3.79. The van der Waals surface area contributed by atoms with Gasteiger partial charge in [0.15, 0.2) is 0 Å². The molecule has 1 N–H and O–H groups in total. The third-order valence-corrected chi connectivity index (χ3v) is 11.3. The second-order valence-electron chi connectivity index (χ2n) is 3.09. The Bertz CT molecular complexity index is 203. The molecule has 0 aromatic carbocycles. The molecule has 0 heterocycles. The Balaban J connectivity index is -0.00000112. The molecule has 2 unspecified atom stereocenters. The van der Waals surface area contributed by atoms with Crippen LogP contribution in [0.15, 0.2) is 0 Å². The Morgan fingerprint density at radius 3 is 2.00 bits per heavy atom. The molecular weight excluding hydrogens is 475 g/mol. The molecule has 0 spiro atoms. The fraction of sp³-hybridized carbons (Fsp3) is 1.00. The molecule has 0 aliphatic rings. The molecule has 0 amide bonds. The molecule has 0 saturated heterocycles. The van der Waals surface area contributed by atoms with Gasteiger partial charge in [0.05, 0.1) is 0 Å². The summed E-state index contributed by atoms with van der Waals surface area (Å²) in [5.41, 5.74) is 0. The van der Waals surface area contributed by atoms with E-state index in [9.17, 15) is 12.6 Å². The summed E-state index contributed by atoms with van der Waals surface area (Å²) in [5.74, 6) is 0.300. The summed E-state index contributed by atoms with van der Waals surface area (Å²) >= 11 is -2.93. The Morgan fingerprint density at radius 1 is 1.06 bits per heavy atom.